The Kier molecular flexibility index (Phi) is 4.69. The SMILES string of the molecule is COc1cc(N2C(=O)c3ccccc3C2=O)cc(N2c3ccccc3[Si](C)(C)c3ccccc32)c1. The number of ether oxygens (including phenoxy) is 1. The van der Waals surface area contributed by atoms with E-state index in [0.717, 1.165) is 17.1 Å². The van der Waals surface area contributed by atoms with E-state index in [2.05, 4.69) is 66.5 Å². The Morgan fingerprint density at radius 1 is 0.629 bits per heavy atom. The number of rotatable bonds is 3. The first-order valence-corrected chi connectivity index (χ1v) is 14.6. The van der Waals surface area contributed by atoms with Crippen LogP contribution in [0.15, 0.2) is 91.0 Å². The lowest BCUT2D eigenvalue weighted by Gasteiger charge is -2.41. The number of para-hydroxylation sites is 2. The molecule has 35 heavy (non-hydrogen) atoms. The third-order valence-electron chi connectivity index (χ3n) is 7.06. The molecule has 0 radical (unpaired) electrons. The van der Waals surface area contributed by atoms with Crippen molar-refractivity contribution in [3.05, 3.63) is 102 Å². The molecule has 0 N–H and O–H groups in total. The Morgan fingerprint density at radius 2 is 1.09 bits per heavy atom. The van der Waals surface area contributed by atoms with Crippen molar-refractivity contribution in [3.63, 3.8) is 0 Å². The molecule has 6 heteroatoms. The molecule has 2 aliphatic heterocycles. The zero-order chi connectivity index (χ0) is 24.3. The lowest BCUT2D eigenvalue weighted by molar-refractivity contribution is 0.0926. The first kappa shape index (κ1) is 21.4. The Bertz CT molecular complexity index is 1440. The van der Waals surface area contributed by atoms with Crippen LogP contribution in [0.3, 0.4) is 0 Å². The normalized spacial score (nSPS) is 15.5. The molecule has 2 amide bonds. The van der Waals surface area contributed by atoms with Crippen LogP contribution in [-0.4, -0.2) is 27.0 Å². The van der Waals surface area contributed by atoms with Crippen LogP contribution in [0, 0.1) is 0 Å². The number of nitrogens with zero attached hydrogens (tertiary/aromatic N) is 2. The molecule has 4 aromatic rings. The number of imide groups is 1. The maximum atomic E-state index is 13.2. The van der Waals surface area contributed by atoms with Crippen LogP contribution < -0.4 is 24.9 Å². The van der Waals surface area contributed by atoms with E-state index < -0.39 is 8.07 Å². The predicted octanol–water partition coefficient (Wildman–Crippen LogP) is 5.10. The fraction of sp³-hybridized carbons (Fsp3) is 0.103. The van der Waals surface area contributed by atoms with Gasteiger partial charge in [0, 0.05) is 23.5 Å². The van der Waals surface area contributed by atoms with E-state index in [1.807, 2.05) is 12.1 Å². The number of methoxy groups -OCH3 is 1. The standard InChI is InChI=1S/C29H24N2O3Si/c1-34-21-17-19(16-20(18-21)31-28(32)22-10-4-5-11-23(22)29(31)33)30-24-12-6-8-14-26(24)35(2,3)27-15-9-7-13-25(27)30/h4-18H,1-3H3. The van der Waals surface area contributed by atoms with Crippen molar-refractivity contribution in [2.45, 2.75) is 13.1 Å². The molecule has 0 fully saturated rings. The number of fused-ring (bicyclic) bond motifs is 3. The highest BCUT2D eigenvalue weighted by Gasteiger charge is 2.40. The summed E-state index contributed by atoms with van der Waals surface area (Å²) in [5.41, 5.74) is 4.39. The number of benzene rings is 4. The fourth-order valence-electron chi connectivity index (χ4n) is 5.32. The van der Waals surface area contributed by atoms with Crippen LogP contribution in [0.5, 0.6) is 5.75 Å². The van der Waals surface area contributed by atoms with Gasteiger partial charge < -0.3 is 9.64 Å². The highest BCUT2D eigenvalue weighted by Crippen LogP contribution is 2.42. The Labute approximate surface area is 205 Å². The molecule has 4 aromatic carbocycles. The second-order valence-corrected chi connectivity index (χ2v) is 13.7. The zero-order valence-corrected chi connectivity index (χ0v) is 20.8. The largest absolute Gasteiger partial charge is 0.497 e. The van der Waals surface area contributed by atoms with Gasteiger partial charge in [-0.15, -0.1) is 0 Å². The summed E-state index contributed by atoms with van der Waals surface area (Å²) in [5.74, 6) is -0.0679. The molecule has 0 bridgehead atoms. The summed E-state index contributed by atoms with van der Waals surface area (Å²) in [4.78, 5) is 29.9. The lowest BCUT2D eigenvalue weighted by Crippen LogP contribution is -2.58. The quantitative estimate of drug-likeness (QED) is 0.305. The molecule has 0 aliphatic carbocycles. The third-order valence-corrected chi connectivity index (χ3v) is 10.6. The van der Waals surface area contributed by atoms with Gasteiger partial charge >= 0.3 is 0 Å². The molecule has 2 heterocycles. The Hall–Kier alpha value is -4.16. The molecule has 0 unspecified atom stereocenters. The molecule has 0 saturated carbocycles. The predicted molar refractivity (Wildman–Crippen MR) is 142 cm³/mol. The second-order valence-electron chi connectivity index (χ2n) is 9.38. The van der Waals surface area contributed by atoms with E-state index >= 15 is 0 Å². The van der Waals surface area contributed by atoms with Crippen molar-refractivity contribution in [1.29, 1.82) is 0 Å². The van der Waals surface area contributed by atoms with Crippen LogP contribution in [0.2, 0.25) is 13.1 Å². The van der Waals surface area contributed by atoms with Gasteiger partial charge in [0.25, 0.3) is 11.8 Å². The smallest absolute Gasteiger partial charge is 0.266 e. The molecule has 6 rings (SSSR count). The van der Waals surface area contributed by atoms with Crippen molar-refractivity contribution < 1.29 is 14.3 Å². The van der Waals surface area contributed by atoms with Gasteiger partial charge in [0.1, 0.15) is 13.8 Å². The molecule has 0 aromatic heterocycles. The van der Waals surface area contributed by atoms with E-state index in [9.17, 15) is 9.59 Å². The van der Waals surface area contributed by atoms with Gasteiger partial charge in [-0.25, -0.2) is 4.90 Å². The summed E-state index contributed by atoms with van der Waals surface area (Å²) in [6, 6.07) is 29.5. The third kappa shape index (κ3) is 3.07. The van der Waals surface area contributed by atoms with Crippen LogP contribution in [0.1, 0.15) is 20.7 Å². The molecule has 0 spiro atoms. The zero-order valence-electron chi connectivity index (χ0n) is 19.8. The number of carbonyl (C=O) groups is 2. The van der Waals surface area contributed by atoms with Gasteiger partial charge in [0.15, 0.2) is 0 Å². The maximum Gasteiger partial charge on any atom is 0.266 e. The average Bonchev–Trinajstić information content (AvgIpc) is 3.14. The highest BCUT2D eigenvalue weighted by molar-refractivity contribution is 7.02. The van der Waals surface area contributed by atoms with Crippen molar-refractivity contribution >= 4 is 53.0 Å². The van der Waals surface area contributed by atoms with Gasteiger partial charge in [-0.05, 0) is 40.7 Å². The molecule has 5 nitrogen and oxygen atoms in total. The molecule has 172 valence electrons. The summed E-state index contributed by atoms with van der Waals surface area (Å²) >= 11 is 0. The lowest BCUT2D eigenvalue weighted by atomic mass is 10.1. The minimum absolute atomic E-state index is 0.321. The number of hydrogen-bond donors (Lipinski definition) is 0. The minimum atomic E-state index is -1.92. The van der Waals surface area contributed by atoms with E-state index in [4.69, 9.17) is 4.74 Å². The fourth-order valence-corrected chi connectivity index (χ4v) is 8.30. The number of anilines is 4. The van der Waals surface area contributed by atoms with E-state index in [1.165, 1.54) is 15.3 Å². The Balaban J connectivity index is 1.56. The number of carbonyl (C=O) groups excluding carboxylic acids is 2. The average molecular weight is 477 g/mol. The van der Waals surface area contributed by atoms with Crippen molar-refractivity contribution in [1.82, 2.24) is 0 Å². The van der Waals surface area contributed by atoms with Gasteiger partial charge in [0.05, 0.1) is 29.6 Å². The molecule has 0 saturated heterocycles. The van der Waals surface area contributed by atoms with Crippen LogP contribution in [0.4, 0.5) is 22.7 Å². The summed E-state index contributed by atoms with van der Waals surface area (Å²) in [7, 11) is -0.328. The summed E-state index contributed by atoms with van der Waals surface area (Å²) < 4.78 is 5.64. The Morgan fingerprint density at radius 3 is 1.60 bits per heavy atom. The first-order valence-electron chi connectivity index (χ1n) is 11.6. The topological polar surface area (TPSA) is 49.9 Å². The molecular weight excluding hydrogens is 452 g/mol. The van der Waals surface area contributed by atoms with E-state index in [1.54, 1.807) is 37.4 Å². The van der Waals surface area contributed by atoms with Gasteiger partial charge in [0.2, 0.25) is 0 Å². The number of hydrogen-bond acceptors (Lipinski definition) is 4. The summed E-state index contributed by atoms with van der Waals surface area (Å²) in [5, 5.41) is 2.67. The van der Waals surface area contributed by atoms with Crippen molar-refractivity contribution in [3.8, 4) is 5.75 Å². The van der Waals surface area contributed by atoms with Gasteiger partial charge in [-0.2, -0.15) is 0 Å². The monoisotopic (exact) mass is 476 g/mol. The van der Waals surface area contributed by atoms with Crippen LogP contribution in [0.25, 0.3) is 0 Å². The van der Waals surface area contributed by atoms with Crippen LogP contribution >= 0.6 is 0 Å². The minimum Gasteiger partial charge on any atom is -0.497 e. The van der Waals surface area contributed by atoms with E-state index in [-0.39, 0.29) is 11.8 Å². The summed E-state index contributed by atoms with van der Waals surface area (Å²) in [6.07, 6.45) is 0. The number of amides is 2. The first-order chi connectivity index (χ1) is 16.9. The highest BCUT2D eigenvalue weighted by atomic mass is 28.3. The van der Waals surface area contributed by atoms with Crippen LogP contribution in [-0.2, 0) is 0 Å². The van der Waals surface area contributed by atoms with E-state index in [0.29, 0.717) is 22.6 Å². The molecular formula is C29H24N2O3Si. The molecule has 0 atom stereocenters. The second kappa shape index (κ2) is 7.68. The van der Waals surface area contributed by atoms with Crippen molar-refractivity contribution in [2.75, 3.05) is 16.9 Å². The molecule has 2 aliphatic rings. The maximum absolute atomic E-state index is 13.2. The van der Waals surface area contributed by atoms with Gasteiger partial charge in [-0.3, -0.25) is 9.59 Å². The summed E-state index contributed by atoms with van der Waals surface area (Å²) in [6.45, 7) is 4.75. The van der Waals surface area contributed by atoms with Crippen molar-refractivity contribution in [2.24, 2.45) is 0 Å². The van der Waals surface area contributed by atoms with Gasteiger partial charge in [-0.1, -0.05) is 61.6 Å².